The largest absolute Gasteiger partial charge is 0.487 e. The summed E-state index contributed by atoms with van der Waals surface area (Å²) < 4.78 is 37.0. The van der Waals surface area contributed by atoms with Gasteiger partial charge in [0.15, 0.2) is 12.2 Å². The summed E-state index contributed by atoms with van der Waals surface area (Å²) in [6, 6.07) is 6.95. The third-order valence-electron chi connectivity index (χ3n) is 2.95. The SMILES string of the molecule is FC(F)c1ocnc1Cn1cc(COc2cccc(Cl)c2)nn1. The molecule has 0 saturated heterocycles. The van der Waals surface area contributed by atoms with Crippen molar-refractivity contribution in [2.45, 2.75) is 19.6 Å². The highest BCUT2D eigenvalue weighted by Gasteiger charge is 2.19. The Labute approximate surface area is 134 Å². The van der Waals surface area contributed by atoms with Crippen molar-refractivity contribution in [3.63, 3.8) is 0 Å². The van der Waals surface area contributed by atoms with Gasteiger partial charge in [-0.25, -0.2) is 18.4 Å². The molecule has 9 heteroatoms. The molecule has 0 amide bonds. The molecule has 0 saturated carbocycles. The fraction of sp³-hybridized carbons (Fsp3) is 0.214. The van der Waals surface area contributed by atoms with Gasteiger partial charge in [0.2, 0.25) is 0 Å². The summed E-state index contributed by atoms with van der Waals surface area (Å²) in [7, 11) is 0. The molecule has 0 N–H and O–H groups in total. The van der Waals surface area contributed by atoms with Crippen molar-refractivity contribution in [2.24, 2.45) is 0 Å². The summed E-state index contributed by atoms with van der Waals surface area (Å²) >= 11 is 5.86. The minimum atomic E-state index is -2.72. The number of alkyl halides is 2. The average molecular weight is 341 g/mol. The van der Waals surface area contributed by atoms with Gasteiger partial charge in [0.25, 0.3) is 6.43 Å². The second-order valence-electron chi connectivity index (χ2n) is 4.62. The Kier molecular flexibility index (Phi) is 4.52. The van der Waals surface area contributed by atoms with Crippen LogP contribution in [0.3, 0.4) is 0 Å². The van der Waals surface area contributed by atoms with Crippen LogP contribution < -0.4 is 4.74 Å². The van der Waals surface area contributed by atoms with Crippen molar-refractivity contribution in [1.29, 1.82) is 0 Å². The Morgan fingerprint density at radius 2 is 2.22 bits per heavy atom. The molecular formula is C14H11ClF2N4O2. The molecule has 0 aliphatic carbocycles. The Hall–Kier alpha value is -2.48. The second kappa shape index (κ2) is 6.74. The van der Waals surface area contributed by atoms with E-state index in [0.717, 1.165) is 6.39 Å². The molecule has 1 aromatic carbocycles. The van der Waals surface area contributed by atoms with Crippen molar-refractivity contribution in [3.8, 4) is 5.75 Å². The van der Waals surface area contributed by atoms with Crippen LogP contribution in [0.2, 0.25) is 5.02 Å². The second-order valence-corrected chi connectivity index (χ2v) is 5.05. The van der Waals surface area contributed by atoms with Crippen molar-refractivity contribution in [3.05, 3.63) is 59.0 Å². The fourth-order valence-electron chi connectivity index (χ4n) is 1.92. The molecule has 0 radical (unpaired) electrons. The highest BCUT2D eigenvalue weighted by atomic mass is 35.5. The molecule has 2 aromatic heterocycles. The van der Waals surface area contributed by atoms with E-state index >= 15 is 0 Å². The standard InChI is InChI=1S/C14H11ClF2N4O2/c15-9-2-1-3-11(4-9)22-7-10-5-21(20-19-10)6-12-13(14(16)17)23-8-18-12/h1-5,8,14H,6-7H2. The average Bonchev–Trinajstić information content (AvgIpc) is 3.15. The van der Waals surface area contributed by atoms with Gasteiger partial charge in [-0.1, -0.05) is 22.9 Å². The van der Waals surface area contributed by atoms with E-state index in [1.807, 2.05) is 0 Å². The maximum absolute atomic E-state index is 12.7. The number of benzene rings is 1. The van der Waals surface area contributed by atoms with Gasteiger partial charge in [-0.15, -0.1) is 5.10 Å². The summed E-state index contributed by atoms with van der Waals surface area (Å²) in [5.41, 5.74) is 0.666. The number of halogens is 3. The molecule has 0 aliphatic heterocycles. The van der Waals surface area contributed by atoms with E-state index in [2.05, 4.69) is 19.7 Å². The van der Waals surface area contributed by atoms with Gasteiger partial charge in [0.1, 0.15) is 23.7 Å². The van der Waals surface area contributed by atoms with Crippen LogP contribution in [0.5, 0.6) is 5.75 Å². The Morgan fingerprint density at radius 1 is 1.35 bits per heavy atom. The molecule has 3 rings (SSSR count). The van der Waals surface area contributed by atoms with Gasteiger partial charge in [0.05, 0.1) is 12.7 Å². The van der Waals surface area contributed by atoms with Crippen LogP contribution in [0.4, 0.5) is 8.78 Å². The van der Waals surface area contributed by atoms with E-state index in [0.29, 0.717) is 16.5 Å². The third kappa shape index (κ3) is 3.84. The van der Waals surface area contributed by atoms with Gasteiger partial charge in [-0.05, 0) is 18.2 Å². The van der Waals surface area contributed by atoms with Gasteiger partial charge in [-0.3, -0.25) is 0 Å². The summed E-state index contributed by atoms with van der Waals surface area (Å²) in [4.78, 5) is 3.76. The van der Waals surface area contributed by atoms with Crippen molar-refractivity contribution in [1.82, 2.24) is 20.0 Å². The lowest BCUT2D eigenvalue weighted by molar-refractivity contribution is 0.120. The first-order chi connectivity index (χ1) is 11.1. The van der Waals surface area contributed by atoms with E-state index in [9.17, 15) is 8.78 Å². The smallest absolute Gasteiger partial charge is 0.297 e. The first-order valence-corrected chi connectivity index (χ1v) is 6.97. The van der Waals surface area contributed by atoms with Gasteiger partial charge in [-0.2, -0.15) is 0 Å². The van der Waals surface area contributed by atoms with Crippen LogP contribution in [0.1, 0.15) is 23.6 Å². The quantitative estimate of drug-likeness (QED) is 0.687. The van der Waals surface area contributed by atoms with Crippen molar-refractivity contribution in [2.75, 3.05) is 0 Å². The van der Waals surface area contributed by atoms with Crippen LogP contribution >= 0.6 is 11.6 Å². The van der Waals surface area contributed by atoms with Crippen molar-refractivity contribution < 1.29 is 17.9 Å². The molecule has 0 unspecified atom stereocenters. The summed E-state index contributed by atoms with van der Waals surface area (Å²) in [5.74, 6) is 0.140. The van der Waals surface area contributed by atoms with E-state index in [-0.39, 0.29) is 18.8 Å². The van der Waals surface area contributed by atoms with Crippen LogP contribution in [-0.2, 0) is 13.2 Å². The Bertz CT molecular complexity index is 790. The minimum Gasteiger partial charge on any atom is -0.487 e. The Balaban J connectivity index is 1.63. The predicted octanol–water partition coefficient (Wildman–Crippen LogP) is 3.48. The first-order valence-electron chi connectivity index (χ1n) is 6.59. The monoisotopic (exact) mass is 340 g/mol. The third-order valence-corrected chi connectivity index (χ3v) is 3.19. The van der Waals surface area contributed by atoms with Gasteiger partial charge in [0, 0.05) is 5.02 Å². The number of rotatable bonds is 6. The molecule has 0 aliphatic rings. The molecule has 120 valence electrons. The topological polar surface area (TPSA) is 66.0 Å². The molecule has 0 bridgehead atoms. The van der Waals surface area contributed by atoms with E-state index in [4.69, 9.17) is 16.3 Å². The molecule has 3 aromatic rings. The normalized spacial score (nSPS) is 11.1. The van der Waals surface area contributed by atoms with E-state index in [1.165, 1.54) is 4.68 Å². The zero-order valence-electron chi connectivity index (χ0n) is 11.7. The number of aromatic nitrogens is 4. The molecule has 6 nitrogen and oxygen atoms in total. The lowest BCUT2D eigenvalue weighted by Gasteiger charge is -2.03. The number of hydrogen-bond donors (Lipinski definition) is 0. The van der Waals surface area contributed by atoms with Crippen LogP contribution in [0.15, 0.2) is 41.3 Å². The van der Waals surface area contributed by atoms with Crippen LogP contribution in [0, 0.1) is 0 Å². The molecule has 2 heterocycles. The van der Waals surface area contributed by atoms with Crippen LogP contribution in [-0.4, -0.2) is 20.0 Å². The zero-order chi connectivity index (χ0) is 16.2. The number of oxazole rings is 1. The van der Waals surface area contributed by atoms with Crippen molar-refractivity contribution >= 4 is 11.6 Å². The Morgan fingerprint density at radius 3 is 3.00 bits per heavy atom. The molecule has 23 heavy (non-hydrogen) atoms. The van der Waals surface area contributed by atoms with E-state index in [1.54, 1.807) is 30.5 Å². The predicted molar refractivity (Wildman–Crippen MR) is 76.4 cm³/mol. The number of hydrogen-bond acceptors (Lipinski definition) is 5. The maximum Gasteiger partial charge on any atom is 0.297 e. The summed E-state index contributed by atoms with van der Waals surface area (Å²) in [6.07, 6.45) is -0.146. The highest BCUT2D eigenvalue weighted by Crippen LogP contribution is 2.22. The van der Waals surface area contributed by atoms with E-state index < -0.39 is 12.2 Å². The molecule has 0 spiro atoms. The maximum atomic E-state index is 12.7. The number of nitrogens with zero attached hydrogens (tertiary/aromatic N) is 4. The first kappa shape index (κ1) is 15.4. The molecule has 0 atom stereocenters. The molecular weight excluding hydrogens is 330 g/mol. The van der Waals surface area contributed by atoms with Crippen LogP contribution in [0.25, 0.3) is 0 Å². The number of ether oxygens (including phenoxy) is 1. The highest BCUT2D eigenvalue weighted by molar-refractivity contribution is 6.30. The lowest BCUT2D eigenvalue weighted by atomic mass is 10.3. The lowest BCUT2D eigenvalue weighted by Crippen LogP contribution is -2.03. The van der Waals surface area contributed by atoms with Gasteiger partial charge >= 0.3 is 0 Å². The van der Waals surface area contributed by atoms with Gasteiger partial charge < -0.3 is 9.15 Å². The summed E-state index contributed by atoms with van der Waals surface area (Å²) in [5, 5.41) is 8.34. The molecule has 0 fully saturated rings. The minimum absolute atomic E-state index is 0.0420. The zero-order valence-corrected chi connectivity index (χ0v) is 12.5. The fourth-order valence-corrected chi connectivity index (χ4v) is 2.10. The summed E-state index contributed by atoms with van der Waals surface area (Å²) in [6.45, 7) is 0.223.